The van der Waals surface area contributed by atoms with Gasteiger partial charge in [0.05, 0.1) is 6.61 Å². The Labute approximate surface area is 134 Å². The van der Waals surface area contributed by atoms with Crippen molar-refractivity contribution in [3.8, 4) is 0 Å². The van der Waals surface area contributed by atoms with Crippen LogP contribution in [-0.4, -0.2) is 48.3 Å². The highest BCUT2D eigenvalue weighted by molar-refractivity contribution is 5.66. The molecule has 0 amide bonds. The summed E-state index contributed by atoms with van der Waals surface area (Å²) in [6, 6.07) is 9.40. The van der Waals surface area contributed by atoms with Crippen LogP contribution in [-0.2, 0) is 35.1 Å². The van der Waals surface area contributed by atoms with Gasteiger partial charge in [0.2, 0.25) is 0 Å². The first-order valence-corrected chi connectivity index (χ1v) is 7.27. The molecule has 126 valence electrons. The summed E-state index contributed by atoms with van der Waals surface area (Å²) >= 11 is 0. The molecule has 1 aliphatic rings. The van der Waals surface area contributed by atoms with E-state index >= 15 is 0 Å². The number of aliphatic hydroxyl groups is 1. The lowest BCUT2D eigenvalue weighted by Crippen LogP contribution is -2.40. The Balaban J connectivity index is 2.05. The first kappa shape index (κ1) is 17.4. The summed E-state index contributed by atoms with van der Waals surface area (Å²) in [4.78, 5) is 22.2. The van der Waals surface area contributed by atoms with E-state index in [4.69, 9.17) is 18.9 Å². The number of hydrogen-bond donors (Lipinski definition) is 1. The van der Waals surface area contributed by atoms with Gasteiger partial charge in [0.15, 0.2) is 12.4 Å². The molecule has 2 rings (SSSR count). The molecule has 4 atom stereocenters. The minimum atomic E-state index is -1.33. The van der Waals surface area contributed by atoms with Crippen molar-refractivity contribution >= 4 is 11.9 Å². The first-order chi connectivity index (χ1) is 11.0. The average molecular weight is 324 g/mol. The van der Waals surface area contributed by atoms with Crippen LogP contribution in [0.3, 0.4) is 0 Å². The quantitative estimate of drug-likeness (QED) is 0.773. The van der Waals surface area contributed by atoms with Crippen molar-refractivity contribution in [1.82, 2.24) is 0 Å². The summed E-state index contributed by atoms with van der Waals surface area (Å²) in [5.74, 6) is -1.03. The molecule has 1 aromatic carbocycles. The Morgan fingerprint density at radius 3 is 2.43 bits per heavy atom. The highest BCUT2D eigenvalue weighted by Gasteiger charge is 2.47. The summed E-state index contributed by atoms with van der Waals surface area (Å²) < 4.78 is 21.1. The SMILES string of the molecule is CC(=O)OC[C@H]1O[C@H](O)[C@H](OC(C)=O)[C@H]1OCc1ccccc1. The first-order valence-electron chi connectivity index (χ1n) is 7.27. The van der Waals surface area contributed by atoms with Gasteiger partial charge in [0.25, 0.3) is 0 Å². The van der Waals surface area contributed by atoms with E-state index < -0.39 is 36.5 Å². The van der Waals surface area contributed by atoms with E-state index in [-0.39, 0.29) is 13.2 Å². The summed E-state index contributed by atoms with van der Waals surface area (Å²) in [5, 5.41) is 9.92. The second kappa shape index (κ2) is 8.05. The van der Waals surface area contributed by atoms with Crippen molar-refractivity contribution in [3.05, 3.63) is 35.9 Å². The van der Waals surface area contributed by atoms with E-state index in [1.807, 2.05) is 30.3 Å². The third-order valence-electron chi connectivity index (χ3n) is 3.32. The van der Waals surface area contributed by atoms with Crippen molar-refractivity contribution in [2.24, 2.45) is 0 Å². The zero-order valence-corrected chi connectivity index (χ0v) is 13.0. The van der Waals surface area contributed by atoms with Gasteiger partial charge in [0, 0.05) is 13.8 Å². The number of hydrogen-bond acceptors (Lipinski definition) is 7. The van der Waals surface area contributed by atoms with Crippen molar-refractivity contribution < 1.29 is 33.6 Å². The average Bonchev–Trinajstić information content (AvgIpc) is 2.79. The molecule has 0 bridgehead atoms. The second-order valence-electron chi connectivity index (χ2n) is 5.20. The summed E-state index contributed by atoms with van der Waals surface area (Å²) in [7, 11) is 0. The van der Waals surface area contributed by atoms with E-state index in [1.54, 1.807) is 0 Å². The van der Waals surface area contributed by atoms with Gasteiger partial charge in [-0.2, -0.15) is 0 Å². The van der Waals surface area contributed by atoms with Gasteiger partial charge in [-0.05, 0) is 5.56 Å². The van der Waals surface area contributed by atoms with Crippen molar-refractivity contribution in [1.29, 1.82) is 0 Å². The fraction of sp³-hybridized carbons (Fsp3) is 0.500. The molecule has 0 aliphatic carbocycles. The largest absolute Gasteiger partial charge is 0.463 e. The van der Waals surface area contributed by atoms with Crippen LogP contribution in [0.1, 0.15) is 19.4 Å². The molecule has 0 spiro atoms. The van der Waals surface area contributed by atoms with Crippen LogP contribution < -0.4 is 0 Å². The normalized spacial score (nSPS) is 26.7. The van der Waals surface area contributed by atoms with Crippen LogP contribution in [0.15, 0.2) is 30.3 Å². The van der Waals surface area contributed by atoms with Crippen LogP contribution in [0, 0.1) is 0 Å². The maximum atomic E-state index is 11.2. The number of ether oxygens (including phenoxy) is 4. The van der Waals surface area contributed by atoms with Crippen molar-refractivity contribution in [3.63, 3.8) is 0 Å². The van der Waals surface area contributed by atoms with E-state index in [2.05, 4.69) is 0 Å². The molecule has 7 heteroatoms. The third kappa shape index (κ3) is 5.02. The zero-order valence-electron chi connectivity index (χ0n) is 13.0. The molecule has 0 radical (unpaired) electrons. The molecular formula is C16H20O7. The van der Waals surface area contributed by atoms with E-state index in [0.29, 0.717) is 0 Å². The Kier molecular flexibility index (Phi) is 6.09. The number of aliphatic hydroxyl groups excluding tert-OH is 1. The molecule has 23 heavy (non-hydrogen) atoms. The van der Waals surface area contributed by atoms with E-state index in [0.717, 1.165) is 5.56 Å². The summed E-state index contributed by atoms with van der Waals surface area (Å²) in [6.07, 6.45) is -3.77. The monoisotopic (exact) mass is 324 g/mol. The maximum absolute atomic E-state index is 11.2. The van der Waals surface area contributed by atoms with Gasteiger partial charge in [-0.15, -0.1) is 0 Å². The van der Waals surface area contributed by atoms with Gasteiger partial charge in [-0.25, -0.2) is 0 Å². The van der Waals surface area contributed by atoms with Crippen molar-refractivity contribution in [2.45, 2.75) is 45.1 Å². The molecule has 0 unspecified atom stereocenters. The van der Waals surface area contributed by atoms with Gasteiger partial charge in [0.1, 0.15) is 18.8 Å². The molecule has 0 saturated carbocycles. The third-order valence-corrected chi connectivity index (χ3v) is 3.32. The predicted octanol–water partition coefficient (Wildman–Crippen LogP) is 0.784. The van der Waals surface area contributed by atoms with E-state index in [1.165, 1.54) is 13.8 Å². The molecule has 7 nitrogen and oxygen atoms in total. The van der Waals surface area contributed by atoms with Gasteiger partial charge in [-0.1, -0.05) is 30.3 Å². The van der Waals surface area contributed by atoms with Crippen molar-refractivity contribution in [2.75, 3.05) is 6.61 Å². The molecule has 1 heterocycles. The molecule has 1 aromatic rings. The summed E-state index contributed by atoms with van der Waals surface area (Å²) in [5.41, 5.74) is 0.918. The number of esters is 2. The number of carbonyl (C=O) groups excluding carboxylic acids is 2. The smallest absolute Gasteiger partial charge is 0.303 e. The van der Waals surface area contributed by atoms with Crippen LogP contribution in [0.5, 0.6) is 0 Å². The van der Waals surface area contributed by atoms with Crippen LogP contribution in [0.25, 0.3) is 0 Å². The van der Waals surface area contributed by atoms with E-state index in [9.17, 15) is 14.7 Å². The molecule has 1 saturated heterocycles. The second-order valence-corrected chi connectivity index (χ2v) is 5.20. The van der Waals surface area contributed by atoms with Crippen LogP contribution >= 0.6 is 0 Å². The standard InChI is InChI=1S/C16H20O7/c1-10(17)20-9-13-14(15(16(19)23-13)22-11(2)18)21-8-12-6-4-3-5-7-12/h3-7,13-16,19H,8-9H2,1-2H3/t13-,14+,15-,16+/m1/s1. The lowest BCUT2D eigenvalue weighted by molar-refractivity contribution is -0.172. The fourth-order valence-corrected chi connectivity index (χ4v) is 2.33. The van der Waals surface area contributed by atoms with Gasteiger partial charge < -0.3 is 24.1 Å². The Hall–Kier alpha value is -1.96. The minimum absolute atomic E-state index is 0.0936. The summed E-state index contributed by atoms with van der Waals surface area (Å²) in [6.45, 7) is 2.66. The molecule has 1 N–H and O–H groups in total. The van der Waals surface area contributed by atoms with Gasteiger partial charge in [-0.3, -0.25) is 9.59 Å². The number of benzene rings is 1. The topological polar surface area (TPSA) is 91.3 Å². The zero-order chi connectivity index (χ0) is 16.8. The van der Waals surface area contributed by atoms with Gasteiger partial charge >= 0.3 is 11.9 Å². The minimum Gasteiger partial charge on any atom is -0.463 e. The molecule has 0 aromatic heterocycles. The molecule has 1 aliphatic heterocycles. The van der Waals surface area contributed by atoms with Crippen LogP contribution in [0.4, 0.5) is 0 Å². The Morgan fingerprint density at radius 2 is 1.83 bits per heavy atom. The van der Waals surface area contributed by atoms with Crippen LogP contribution in [0.2, 0.25) is 0 Å². The predicted molar refractivity (Wildman–Crippen MR) is 78.1 cm³/mol. The molecular weight excluding hydrogens is 304 g/mol. The fourth-order valence-electron chi connectivity index (χ4n) is 2.33. The highest BCUT2D eigenvalue weighted by atomic mass is 16.7. The lowest BCUT2D eigenvalue weighted by Gasteiger charge is -2.23. The number of rotatable bonds is 6. The highest BCUT2D eigenvalue weighted by Crippen LogP contribution is 2.27. The Morgan fingerprint density at radius 1 is 1.13 bits per heavy atom. The molecule has 1 fully saturated rings. The Bertz CT molecular complexity index is 530. The maximum Gasteiger partial charge on any atom is 0.303 e. The number of carbonyl (C=O) groups is 2. The lowest BCUT2D eigenvalue weighted by atomic mass is 10.1.